The lowest BCUT2D eigenvalue weighted by Gasteiger charge is -2.15. The summed E-state index contributed by atoms with van der Waals surface area (Å²) in [6.45, 7) is 0. The van der Waals surface area contributed by atoms with Gasteiger partial charge in [-0.3, -0.25) is 0 Å². The van der Waals surface area contributed by atoms with Crippen LogP contribution in [0.5, 0.6) is 11.5 Å². The van der Waals surface area contributed by atoms with Gasteiger partial charge < -0.3 is 14.6 Å². The van der Waals surface area contributed by atoms with Crippen LogP contribution in [0, 0.1) is 0 Å². The molecule has 1 aromatic carbocycles. The highest BCUT2D eigenvalue weighted by Gasteiger charge is 2.22. The molecule has 0 saturated carbocycles. The van der Waals surface area contributed by atoms with Gasteiger partial charge in [-0.05, 0) is 47.0 Å². The van der Waals surface area contributed by atoms with E-state index in [2.05, 4.69) is 15.9 Å². The molecule has 0 aromatic heterocycles. The minimum atomic E-state index is -0.592. The number of rotatable bonds is 4. The molecule has 1 aliphatic rings. The van der Waals surface area contributed by atoms with Crippen molar-refractivity contribution in [3.63, 3.8) is 0 Å². The Morgan fingerprint density at radius 2 is 1.72 bits per heavy atom. The molecule has 1 atom stereocenters. The number of methoxy groups -OCH3 is 2. The highest BCUT2D eigenvalue weighted by atomic mass is 79.9. The molecule has 18 heavy (non-hydrogen) atoms. The first-order chi connectivity index (χ1) is 8.65. The Morgan fingerprint density at radius 1 is 1.11 bits per heavy atom. The van der Waals surface area contributed by atoms with Gasteiger partial charge in [-0.15, -0.1) is 0 Å². The number of hydrogen-bond acceptors (Lipinski definition) is 3. The molecule has 0 aliphatic heterocycles. The van der Waals surface area contributed by atoms with Gasteiger partial charge in [0, 0.05) is 6.07 Å². The summed E-state index contributed by atoms with van der Waals surface area (Å²) in [7, 11) is 3.21. The summed E-state index contributed by atoms with van der Waals surface area (Å²) in [5.41, 5.74) is 1.87. The van der Waals surface area contributed by atoms with Crippen molar-refractivity contribution in [3.8, 4) is 11.5 Å². The molecule has 0 saturated heterocycles. The van der Waals surface area contributed by atoms with Crippen molar-refractivity contribution in [2.24, 2.45) is 0 Å². The van der Waals surface area contributed by atoms with E-state index in [0.717, 1.165) is 34.9 Å². The van der Waals surface area contributed by atoms with Crippen molar-refractivity contribution >= 4 is 15.9 Å². The number of benzene rings is 1. The van der Waals surface area contributed by atoms with Crippen LogP contribution < -0.4 is 9.47 Å². The lowest BCUT2D eigenvalue weighted by Crippen LogP contribution is -2.02. The van der Waals surface area contributed by atoms with E-state index in [1.165, 1.54) is 0 Å². The van der Waals surface area contributed by atoms with E-state index in [1.54, 1.807) is 20.3 Å². The number of ether oxygens (including phenoxy) is 2. The van der Waals surface area contributed by atoms with E-state index in [-0.39, 0.29) is 0 Å². The lowest BCUT2D eigenvalue weighted by atomic mass is 10.0. The Balaban J connectivity index is 2.35. The standard InChI is InChI=1S/C14H17BrO3/c1-17-10-6-9(7-11(8-10)18-2)14(16)12-4-3-5-13(12)15/h6-8,14,16H,3-5H2,1-2H3. The number of aliphatic hydroxyl groups is 1. The molecule has 1 unspecified atom stereocenters. The number of allylic oxidation sites excluding steroid dienone is 1. The molecule has 0 radical (unpaired) electrons. The topological polar surface area (TPSA) is 38.7 Å². The highest BCUT2D eigenvalue weighted by Crippen LogP contribution is 2.39. The first-order valence-corrected chi connectivity index (χ1v) is 6.73. The fourth-order valence-corrected chi connectivity index (χ4v) is 2.90. The first kappa shape index (κ1) is 13.4. The second-order valence-electron chi connectivity index (χ2n) is 4.33. The van der Waals surface area contributed by atoms with E-state index >= 15 is 0 Å². The Kier molecular flexibility index (Phi) is 4.30. The van der Waals surface area contributed by atoms with Crippen LogP contribution >= 0.6 is 15.9 Å². The van der Waals surface area contributed by atoms with E-state index in [9.17, 15) is 5.11 Å². The van der Waals surface area contributed by atoms with Crippen LogP contribution in [0.25, 0.3) is 0 Å². The SMILES string of the molecule is COc1cc(OC)cc(C(O)C2=C(Br)CCC2)c1. The minimum absolute atomic E-state index is 0.592. The van der Waals surface area contributed by atoms with Gasteiger partial charge in [-0.25, -0.2) is 0 Å². The maximum absolute atomic E-state index is 10.4. The van der Waals surface area contributed by atoms with Crippen molar-refractivity contribution in [2.45, 2.75) is 25.4 Å². The van der Waals surface area contributed by atoms with Crippen molar-refractivity contribution in [1.29, 1.82) is 0 Å². The second kappa shape index (κ2) is 5.76. The summed E-state index contributed by atoms with van der Waals surface area (Å²) in [6.07, 6.45) is 2.44. The van der Waals surface area contributed by atoms with E-state index in [1.807, 2.05) is 12.1 Å². The van der Waals surface area contributed by atoms with Gasteiger partial charge in [0.1, 0.15) is 17.6 Å². The Labute approximate surface area is 116 Å². The van der Waals surface area contributed by atoms with E-state index < -0.39 is 6.10 Å². The van der Waals surface area contributed by atoms with Gasteiger partial charge in [0.15, 0.2) is 0 Å². The molecule has 0 bridgehead atoms. The van der Waals surface area contributed by atoms with Crippen molar-refractivity contribution in [2.75, 3.05) is 14.2 Å². The maximum atomic E-state index is 10.4. The van der Waals surface area contributed by atoms with Crippen LogP contribution in [0.2, 0.25) is 0 Å². The molecule has 0 fully saturated rings. The van der Waals surface area contributed by atoms with Gasteiger partial charge in [-0.2, -0.15) is 0 Å². The molecule has 0 heterocycles. The third-order valence-electron chi connectivity index (χ3n) is 3.21. The average molecular weight is 313 g/mol. The fourth-order valence-electron chi connectivity index (χ4n) is 2.20. The number of aliphatic hydroxyl groups excluding tert-OH is 1. The molecular formula is C14H17BrO3. The molecule has 98 valence electrons. The Bertz CT molecular complexity index is 446. The van der Waals surface area contributed by atoms with E-state index in [0.29, 0.717) is 11.5 Å². The zero-order valence-electron chi connectivity index (χ0n) is 10.6. The van der Waals surface area contributed by atoms with Gasteiger partial charge in [0.2, 0.25) is 0 Å². The largest absolute Gasteiger partial charge is 0.497 e. The van der Waals surface area contributed by atoms with E-state index in [4.69, 9.17) is 9.47 Å². The highest BCUT2D eigenvalue weighted by molar-refractivity contribution is 9.11. The molecular weight excluding hydrogens is 296 g/mol. The minimum Gasteiger partial charge on any atom is -0.497 e. The fraction of sp³-hybridized carbons (Fsp3) is 0.429. The molecule has 1 N–H and O–H groups in total. The summed E-state index contributed by atoms with van der Waals surface area (Å²) in [5, 5.41) is 10.4. The van der Waals surface area contributed by atoms with Crippen LogP contribution in [0.3, 0.4) is 0 Å². The Hall–Kier alpha value is -1.00. The number of hydrogen-bond donors (Lipinski definition) is 1. The van der Waals surface area contributed by atoms with Crippen LogP contribution in [0.1, 0.15) is 30.9 Å². The normalized spacial score (nSPS) is 16.9. The van der Waals surface area contributed by atoms with Gasteiger partial charge in [-0.1, -0.05) is 15.9 Å². The zero-order valence-corrected chi connectivity index (χ0v) is 12.2. The smallest absolute Gasteiger partial charge is 0.122 e. The third kappa shape index (κ3) is 2.70. The Morgan fingerprint density at radius 3 is 2.17 bits per heavy atom. The molecule has 0 spiro atoms. The molecule has 2 rings (SSSR count). The predicted octanol–water partition coefficient (Wildman–Crippen LogP) is 3.57. The summed E-state index contributed by atoms with van der Waals surface area (Å²) >= 11 is 3.53. The predicted molar refractivity (Wildman–Crippen MR) is 74.3 cm³/mol. The molecule has 1 aromatic rings. The molecule has 0 amide bonds. The van der Waals surface area contributed by atoms with Crippen LogP contribution in [0.4, 0.5) is 0 Å². The van der Waals surface area contributed by atoms with Crippen LogP contribution in [-0.2, 0) is 0 Å². The lowest BCUT2D eigenvalue weighted by molar-refractivity contribution is 0.211. The summed E-state index contributed by atoms with van der Waals surface area (Å²) in [4.78, 5) is 0. The zero-order chi connectivity index (χ0) is 13.1. The van der Waals surface area contributed by atoms with Crippen LogP contribution in [0.15, 0.2) is 28.3 Å². The van der Waals surface area contributed by atoms with Gasteiger partial charge in [0.25, 0.3) is 0 Å². The second-order valence-corrected chi connectivity index (χ2v) is 5.29. The van der Waals surface area contributed by atoms with Crippen LogP contribution in [-0.4, -0.2) is 19.3 Å². The molecule has 4 heteroatoms. The summed E-state index contributed by atoms with van der Waals surface area (Å²) in [6, 6.07) is 5.49. The van der Waals surface area contributed by atoms with Gasteiger partial charge in [0.05, 0.1) is 14.2 Å². The molecule has 3 nitrogen and oxygen atoms in total. The van der Waals surface area contributed by atoms with Crippen molar-refractivity contribution in [1.82, 2.24) is 0 Å². The number of halogens is 1. The van der Waals surface area contributed by atoms with Crippen molar-refractivity contribution in [3.05, 3.63) is 33.8 Å². The van der Waals surface area contributed by atoms with Gasteiger partial charge >= 0.3 is 0 Å². The average Bonchev–Trinajstić information content (AvgIpc) is 2.83. The molecule has 1 aliphatic carbocycles. The monoisotopic (exact) mass is 312 g/mol. The quantitative estimate of drug-likeness (QED) is 0.923. The first-order valence-electron chi connectivity index (χ1n) is 5.94. The third-order valence-corrected chi connectivity index (χ3v) is 4.12. The van der Waals surface area contributed by atoms with Crippen molar-refractivity contribution < 1.29 is 14.6 Å². The maximum Gasteiger partial charge on any atom is 0.122 e. The summed E-state index contributed by atoms with van der Waals surface area (Å²) < 4.78 is 11.6. The summed E-state index contributed by atoms with van der Waals surface area (Å²) in [5.74, 6) is 1.39.